The molecule has 0 unspecified atom stereocenters. The summed E-state index contributed by atoms with van der Waals surface area (Å²) in [5.41, 5.74) is 2.32. The number of benzene rings is 2. The summed E-state index contributed by atoms with van der Waals surface area (Å²) in [6.07, 6.45) is 1.79. The highest BCUT2D eigenvalue weighted by atomic mass is 32.2. The summed E-state index contributed by atoms with van der Waals surface area (Å²) in [5.74, 6) is 0.152. The van der Waals surface area contributed by atoms with E-state index >= 15 is 0 Å². The maximum Gasteiger partial charge on any atom is 0.270 e. The van der Waals surface area contributed by atoms with Crippen molar-refractivity contribution < 1.29 is 13.9 Å². The minimum Gasteiger partial charge on any atom is -0.487 e. The van der Waals surface area contributed by atoms with Crippen LogP contribution in [0.4, 0.5) is 10.1 Å². The van der Waals surface area contributed by atoms with E-state index < -0.39 is 0 Å². The summed E-state index contributed by atoms with van der Waals surface area (Å²) in [7, 11) is 0. The number of anilines is 1. The smallest absolute Gasteiger partial charge is 0.270 e. The maximum absolute atomic E-state index is 13.2. The van der Waals surface area contributed by atoms with Gasteiger partial charge in [-0.15, -0.1) is 11.3 Å². The fraction of sp³-hybridized carbons (Fsp3) is 0.0952. The van der Waals surface area contributed by atoms with Gasteiger partial charge in [-0.25, -0.2) is 9.37 Å². The number of halogens is 1. The van der Waals surface area contributed by atoms with Crippen molar-refractivity contribution in [2.45, 2.75) is 13.5 Å². The first-order valence-corrected chi connectivity index (χ1v) is 10.8. The van der Waals surface area contributed by atoms with Gasteiger partial charge in [0.25, 0.3) is 5.91 Å². The minimum atomic E-state index is -0.359. The molecular weight excluding hydrogens is 427 g/mol. The largest absolute Gasteiger partial charge is 0.487 e. The molecule has 1 aromatic heterocycles. The summed E-state index contributed by atoms with van der Waals surface area (Å²) in [5, 5.41) is 2.99. The second kappa shape index (κ2) is 8.44. The van der Waals surface area contributed by atoms with Crippen molar-refractivity contribution in [3.63, 3.8) is 0 Å². The van der Waals surface area contributed by atoms with Crippen molar-refractivity contribution in [2.24, 2.45) is 0 Å². The van der Waals surface area contributed by atoms with Gasteiger partial charge in [-0.3, -0.25) is 9.69 Å². The molecular formula is C21H15FN2O2S3. The van der Waals surface area contributed by atoms with Crippen LogP contribution in [0.25, 0.3) is 6.08 Å². The Morgan fingerprint density at radius 1 is 1.17 bits per heavy atom. The van der Waals surface area contributed by atoms with Crippen LogP contribution in [0.1, 0.15) is 16.3 Å². The lowest BCUT2D eigenvalue weighted by molar-refractivity contribution is -0.113. The lowest BCUT2D eigenvalue weighted by Crippen LogP contribution is -2.27. The van der Waals surface area contributed by atoms with E-state index in [0.717, 1.165) is 22.0 Å². The van der Waals surface area contributed by atoms with Gasteiger partial charge >= 0.3 is 0 Å². The number of carbonyl (C=O) groups is 1. The summed E-state index contributed by atoms with van der Waals surface area (Å²) < 4.78 is 19.3. The highest BCUT2D eigenvalue weighted by Crippen LogP contribution is 2.36. The summed E-state index contributed by atoms with van der Waals surface area (Å²) in [4.78, 5) is 19.1. The van der Waals surface area contributed by atoms with Crippen LogP contribution in [0, 0.1) is 12.7 Å². The highest BCUT2D eigenvalue weighted by Gasteiger charge is 2.33. The Kier molecular flexibility index (Phi) is 5.75. The molecule has 146 valence electrons. The maximum atomic E-state index is 13.2. The third-order valence-electron chi connectivity index (χ3n) is 4.11. The van der Waals surface area contributed by atoms with E-state index in [1.54, 1.807) is 29.5 Å². The molecule has 0 N–H and O–H groups in total. The quantitative estimate of drug-likeness (QED) is 0.381. The topological polar surface area (TPSA) is 42.4 Å². The Morgan fingerprint density at radius 2 is 1.90 bits per heavy atom. The molecule has 4 nitrogen and oxygen atoms in total. The average molecular weight is 443 g/mol. The molecule has 1 fully saturated rings. The van der Waals surface area contributed by atoms with Gasteiger partial charge in [-0.2, -0.15) is 0 Å². The highest BCUT2D eigenvalue weighted by molar-refractivity contribution is 8.27. The number of thiazole rings is 1. The Labute approximate surface area is 181 Å². The third-order valence-corrected chi connectivity index (χ3v) is 6.23. The first kappa shape index (κ1) is 19.8. The van der Waals surface area contributed by atoms with Gasteiger partial charge in [0.15, 0.2) is 4.32 Å². The molecule has 8 heteroatoms. The van der Waals surface area contributed by atoms with Gasteiger partial charge in [0.1, 0.15) is 18.2 Å². The second-order valence-corrected chi connectivity index (χ2v) is 8.95. The number of thiocarbonyl (C=S) groups is 1. The molecule has 1 aliphatic heterocycles. The molecule has 0 saturated carbocycles. The zero-order valence-electron chi connectivity index (χ0n) is 15.3. The van der Waals surface area contributed by atoms with Crippen molar-refractivity contribution in [2.75, 3.05) is 4.90 Å². The summed E-state index contributed by atoms with van der Waals surface area (Å²) in [6.45, 7) is 2.38. The first-order valence-electron chi connectivity index (χ1n) is 8.67. The van der Waals surface area contributed by atoms with Gasteiger partial charge < -0.3 is 4.74 Å². The number of nitrogens with zero attached hydrogens (tertiary/aromatic N) is 2. The van der Waals surface area contributed by atoms with Crippen molar-refractivity contribution in [3.8, 4) is 5.75 Å². The molecule has 1 saturated heterocycles. The van der Waals surface area contributed by atoms with Crippen LogP contribution in [0.15, 0.2) is 58.8 Å². The van der Waals surface area contributed by atoms with Crippen LogP contribution in [0.2, 0.25) is 0 Å². The number of aromatic nitrogens is 1. The average Bonchev–Trinajstić information content (AvgIpc) is 3.25. The van der Waals surface area contributed by atoms with Crippen molar-refractivity contribution >= 4 is 57.3 Å². The van der Waals surface area contributed by atoms with Gasteiger partial charge in [-0.05, 0) is 55.0 Å². The normalized spacial score (nSPS) is 15.4. The lowest BCUT2D eigenvalue weighted by atomic mass is 10.2. The predicted molar refractivity (Wildman–Crippen MR) is 120 cm³/mol. The monoisotopic (exact) mass is 442 g/mol. The summed E-state index contributed by atoms with van der Waals surface area (Å²) in [6, 6.07) is 13.2. The Balaban J connectivity index is 1.45. The molecule has 0 radical (unpaired) electrons. The molecule has 1 aliphatic rings. The molecule has 0 atom stereocenters. The fourth-order valence-corrected chi connectivity index (χ4v) is 4.62. The van der Waals surface area contributed by atoms with Crippen molar-refractivity contribution in [1.82, 2.24) is 4.98 Å². The van der Waals surface area contributed by atoms with E-state index in [2.05, 4.69) is 4.98 Å². The number of amides is 1. The number of thioether (sulfide) groups is 1. The zero-order chi connectivity index (χ0) is 20.4. The predicted octanol–water partition coefficient (Wildman–Crippen LogP) is 5.58. The second-order valence-electron chi connectivity index (χ2n) is 6.21. The van der Waals surface area contributed by atoms with Gasteiger partial charge in [0.2, 0.25) is 0 Å². The van der Waals surface area contributed by atoms with E-state index in [9.17, 15) is 9.18 Å². The minimum absolute atomic E-state index is 0.217. The van der Waals surface area contributed by atoms with Crippen molar-refractivity contribution in [3.05, 3.63) is 80.9 Å². The summed E-state index contributed by atoms with van der Waals surface area (Å²) >= 11 is 8.16. The number of ether oxygens (including phenoxy) is 1. The lowest BCUT2D eigenvalue weighted by Gasteiger charge is -2.14. The van der Waals surface area contributed by atoms with Gasteiger partial charge in [0.05, 0.1) is 21.3 Å². The Bertz CT molecular complexity index is 1090. The first-order chi connectivity index (χ1) is 14.0. The van der Waals surface area contributed by atoms with E-state index in [1.807, 2.05) is 36.6 Å². The van der Waals surface area contributed by atoms with Crippen LogP contribution in [0.5, 0.6) is 5.75 Å². The molecule has 1 amide bonds. The van der Waals surface area contributed by atoms with Crippen LogP contribution in [-0.4, -0.2) is 15.2 Å². The molecule has 2 heterocycles. The van der Waals surface area contributed by atoms with Gasteiger partial charge in [-0.1, -0.05) is 36.1 Å². The van der Waals surface area contributed by atoms with E-state index in [4.69, 9.17) is 17.0 Å². The van der Waals surface area contributed by atoms with E-state index in [-0.39, 0.29) is 11.7 Å². The molecule has 29 heavy (non-hydrogen) atoms. The van der Waals surface area contributed by atoms with E-state index in [0.29, 0.717) is 21.5 Å². The van der Waals surface area contributed by atoms with Crippen LogP contribution >= 0.6 is 35.3 Å². The van der Waals surface area contributed by atoms with Crippen molar-refractivity contribution in [1.29, 1.82) is 0 Å². The number of aryl methyl sites for hydroxylation is 1. The fourth-order valence-electron chi connectivity index (χ4n) is 2.72. The van der Waals surface area contributed by atoms with Crippen LogP contribution in [0.3, 0.4) is 0 Å². The number of hydrogen-bond donors (Lipinski definition) is 0. The van der Waals surface area contributed by atoms with Crippen LogP contribution < -0.4 is 9.64 Å². The number of rotatable bonds is 5. The molecule has 4 rings (SSSR count). The molecule has 0 spiro atoms. The Hall–Kier alpha value is -2.55. The zero-order valence-corrected chi connectivity index (χ0v) is 17.7. The third kappa shape index (κ3) is 4.55. The molecule has 0 aliphatic carbocycles. The van der Waals surface area contributed by atoms with E-state index in [1.165, 1.54) is 28.8 Å². The van der Waals surface area contributed by atoms with Gasteiger partial charge in [0, 0.05) is 5.38 Å². The molecule has 3 aromatic rings. The number of carbonyl (C=O) groups excluding carboxylic acids is 1. The SMILES string of the molecule is Cc1nc(COc2ccc(/C=C3\SC(=S)N(c4ccc(F)cc4)C3=O)cc2)cs1. The molecule has 2 aromatic carbocycles. The standard InChI is InChI=1S/C21H15FN2O2S3/c1-13-23-16(12-28-13)11-26-18-8-2-14(3-9-18)10-19-20(25)24(21(27)29-19)17-6-4-15(22)5-7-17/h2-10,12H,11H2,1H3/b19-10-. The Morgan fingerprint density at radius 3 is 2.55 bits per heavy atom. The van der Waals surface area contributed by atoms with Crippen LogP contribution in [-0.2, 0) is 11.4 Å². The molecule has 0 bridgehead atoms. The number of hydrogen-bond acceptors (Lipinski definition) is 6.